The van der Waals surface area contributed by atoms with Crippen LogP contribution in [0.4, 0.5) is 0 Å². The number of hydrogen-bond donors (Lipinski definition) is 2. The Morgan fingerprint density at radius 2 is 1.67 bits per heavy atom. The molecule has 84 valence electrons. The van der Waals surface area contributed by atoms with Gasteiger partial charge in [-0.05, 0) is 18.5 Å². The third kappa shape index (κ3) is 6.26. The molecule has 0 aromatic heterocycles. The Morgan fingerprint density at radius 1 is 0.933 bits per heavy atom. The third-order valence-electron chi connectivity index (χ3n) is 2.36. The zero-order chi connectivity index (χ0) is 10.8. The van der Waals surface area contributed by atoms with Crippen molar-refractivity contribution < 1.29 is 0 Å². The molecule has 1 aromatic rings. The number of rotatable bonds is 8. The highest BCUT2D eigenvalue weighted by atomic mass is 14.9. The molecule has 0 radical (unpaired) electrons. The van der Waals surface area contributed by atoms with Crippen LogP contribution in [0.3, 0.4) is 0 Å². The molecule has 15 heavy (non-hydrogen) atoms. The van der Waals surface area contributed by atoms with Gasteiger partial charge in [0.25, 0.3) is 0 Å². The zero-order valence-corrected chi connectivity index (χ0v) is 9.63. The lowest BCUT2D eigenvalue weighted by atomic mass is 10.2. The van der Waals surface area contributed by atoms with E-state index in [-0.39, 0.29) is 0 Å². The van der Waals surface area contributed by atoms with Crippen molar-refractivity contribution in [3.05, 3.63) is 35.9 Å². The van der Waals surface area contributed by atoms with Gasteiger partial charge in [-0.15, -0.1) is 0 Å². The van der Waals surface area contributed by atoms with Gasteiger partial charge in [0.2, 0.25) is 0 Å². The lowest BCUT2D eigenvalue weighted by Crippen LogP contribution is -2.27. The molecule has 0 fully saturated rings. The van der Waals surface area contributed by atoms with Crippen LogP contribution in [0.5, 0.6) is 0 Å². The second-order valence-corrected chi connectivity index (χ2v) is 3.77. The Kier molecular flexibility index (Phi) is 6.88. The first kappa shape index (κ1) is 12.2. The monoisotopic (exact) mass is 206 g/mol. The van der Waals surface area contributed by atoms with Gasteiger partial charge in [0.1, 0.15) is 0 Å². The topological polar surface area (TPSA) is 24.1 Å². The van der Waals surface area contributed by atoms with Crippen LogP contribution in [0.2, 0.25) is 0 Å². The normalized spacial score (nSPS) is 10.5. The largest absolute Gasteiger partial charge is 0.315 e. The second-order valence-electron chi connectivity index (χ2n) is 3.77. The molecule has 0 heterocycles. The lowest BCUT2D eigenvalue weighted by molar-refractivity contribution is 0.593. The van der Waals surface area contributed by atoms with Crippen molar-refractivity contribution in [2.45, 2.75) is 26.3 Å². The van der Waals surface area contributed by atoms with Gasteiger partial charge in [-0.3, -0.25) is 0 Å². The molecule has 0 saturated heterocycles. The third-order valence-corrected chi connectivity index (χ3v) is 2.36. The molecule has 1 aromatic carbocycles. The maximum atomic E-state index is 3.42. The molecule has 0 bridgehead atoms. The molecule has 0 unspecified atom stereocenters. The van der Waals surface area contributed by atoms with E-state index >= 15 is 0 Å². The number of nitrogens with one attached hydrogen (secondary N) is 2. The molecule has 0 aliphatic heterocycles. The highest BCUT2D eigenvalue weighted by molar-refractivity contribution is 5.14. The van der Waals surface area contributed by atoms with Crippen LogP contribution in [0, 0.1) is 0 Å². The van der Waals surface area contributed by atoms with Crippen molar-refractivity contribution >= 4 is 0 Å². The molecule has 0 atom stereocenters. The van der Waals surface area contributed by atoms with Crippen LogP contribution in [0.1, 0.15) is 25.3 Å². The van der Waals surface area contributed by atoms with Gasteiger partial charge >= 0.3 is 0 Å². The first-order valence-electron chi connectivity index (χ1n) is 5.89. The summed E-state index contributed by atoms with van der Waals surface area (Å²) >= 11 is 0. The lowest BCUT2D eigenvalue weighted by Gasteiger charge is -2.06. The Bertz CT molecular complexity index is 234. The van der Waals surface area contributed by atoms with Crippen molar-refractivity contribution in [2.75, 3.05) is 19.6 Å². The molecule has 0 aliphatic rings. The maximum Gasteiger partial charge on any atom is 0.0206 e. The average molecular weight is 206 g/mol. The van der Waals surface area contributed by atoms with Gasteiger partial charge < -0.3 is 10.6 Å². The van der Waals surface area contributed by atoms with E-state index in [0.29, 0.717) is 0 Å². The van der Waals surface area contributed by atoms with Gasteiger partial charge in [-0.1, -0.05) is 43.7 Å². The Labute approximate surface area is 93.1 Å². The molecular formula is C13H22N2. The van der Waals surface area contributed by atoms with E-state index in [1.807, 2.05) is 0 Å². The quantitative estimate of drug-likeness (QED) is 0.637. The number of unbranched alkanes of at least 4 members (excludes halogenated alkanes) is 1. The van der Waals surface area contributed by atoms with Crippen LogP contribution in [0.25, 0.3) is 0 Å². The molecule has 0 saturated carbocycles. The van der Waals surface area contributed by atoms with E-state index in [1.54, 1.807) is 0 Å². The highest BCUT2D eigenvalue weighted by Gasteiger charge is 1.90. The molecule has 0 spiro atoms. The zero-order valence-electron chi connectivity index (χ0n) is 9.63. The SMILES string of the molecule is CCCCNCCNCc1ccccc1. The summed E-state index contributed by atoms with van der Waals surface area (Å²) in [7, 11) is 0. The summed E-state index contributed by atoms with van der Waals surface area (Å²) < 4.78 is 0. The molecule has 0 aliphatic carbocycles. The molecule has 2 nitrogen and oxygen atoms in total. The van der Waals surface area contributed by atoms with E-state index < -0.39 is 0 Å². The first-order chi connectivity index (χ1) is 7.43. The standard InChI is InChI=1S/C13H22N2/c1-2-3-9-14-10-11-15-12-13-7-5-4-6-8-13/h4-8,14-15H,2-3,9-12H2,1H3. The summed E-state index contributed by atoms with van der Waals surface area (Å²) in [5, 5.41) is 6.83. The summed E-state index contributed by atoms with van der Waals surface area (Å²) in [6.45, 7) is 6.43. The van der Waals surface area contributed by atoms with Crippen LogP contribution >= 0.6 is 0 Å². The smallest absolute Gasteiger partial charge is 0.0206 e. The summed E-state index contributed by atoms with van der Waals surface area (Å²) in [6.07, 6.45) is 2.54. The number of hydrogen-bond acceptors (Lipinski definition) is 2. The fraction of sp³-hybridized carbons (Fsp3) is 0.538. The minimum Gasteiger partial charge on any atom is -0.315 e. The Morgan fingerprint density at radius 3 is 2.40 bits per heavy atom. The maximum absolute atomic E-state index is 3.42. The molecule has 0 amide bonds. The fourth-order valence-corrected chi connectivity index (χ4v) is 1.43. The molecule has 2 N–H and O–H groups in total. The van der Waals surface area contributed by atoms with Crippen molar-refractivity contribution in [3.63, 3.8) is 0 Å². The average Bonchev–Trinajstić information content (AvgIpc) is 2.29. The van der Waals surface area contributed by atoms with Crippen LogP contribution in [-0.2, 0) is 6.54 Å². The van der Waals surface area contributed by atoms with Crippen LogP contribution in [0.15, 0.2) is 30.3 Å². The second kappa shape index (κ2) is 8.45. The van der Waals surface area contributed by atoms with Crippen LogP contribution < -0.4 is 10.6 Å². The van der Waals surface area contributed by atoms with E-state index in [4.69, 9.17) is 0 Å². The fourth-order valence-electron chi connectivity index (χ4n) is 1.43. The van der Waals surface area contributed by atoms with Gasteiger partial charge in [-0.25, -0.2) is 0 Å². The van der Waals surface area contributed by atoms with Gasteiger partial charge in [0.15, 0.2) is 0 Å². The first-order valence-corrected chi connectivity index (χ1v) is 5.89. The molecular weight excluding hydrogens is 184 g/mol. The van der Waals surface area contributed by atoms with E-state index in [1.165, 1.54) is 18.4 Å². The Hall–Kier alpha value is -0.860. The predicted octanol–water partition coefficient (Wildman–Crippen LogP) is 2.17. The van der Waals surface area contributed by atoms with Gasteiger partial charge in [-0.2, -0.15) is 0 Å². The van der Waals surface area contributed by atoms with Gasteiger partial charge in [0, 0.05) is 19.6 Å². The summed E-state index contributed by atoms with van der Waals surface area (Å²) in [5.74, 6) is 0. The van der Waals surface area contributed by atoms with Crippen molar-refractivity contribution in [2.24, 2.45) is 0 Å². The van der Waals surface area contributed by atoms with Crippen molar-refractivity contribution in [3.8, 4) is 0 Å². The minimum atomic E-state index is 0.969. The van der Waals surface area contributed by atoms with Crippen molar-refractivity contribution in [1.29, 1.82) is 0 Å². The molecule has 1 rings (SSSR count). The van der Waals surface area contributed by atoms with E-state index in [9.17, 15) is 0 Å². The van der Waals surface area contributed by atoms with Crippen LogP contribution in [-0.4, -0.2) is 19.6 Å². The van der Waals surface area contributed by atoms with E-state index in [2.05, 4.69) is 47.9 Å². The minimum absolute atomic E-state index is 0.969. The van der Waals surface area contributed by atoms with Gasteiger partial charge in [0.05, 0.1) is 0 Å². The highest BCUT2D eigenvalue weighted by Crippen LogP contribution is 1.96. The Balaban J connectivity index is 1.93. The van der Waals surface area contributed by atoms with E-state index in [0.717, 1.165) is 26.2 Å². The predicted molar refractivity (Wildman–Crippen MR) is 65.9 cm³/mol. The summed E-state index contributed by atoms with van der Waals surface area (Å²) in [6, 6.07) is 10.5. The molecule has 2 heteroatoms. The number of benzene rings is 1. The van der Waals surface area contributed by atoms with Crippen molar-refractivity contribution in [1.82, 2.24) is 10.6 Å². The summed E-state index contributed by atoms with van der Waals surface area (Å²) in [4.78, 5) is 0. The summed E-state index contributed by atoms with van der Waals surface area (Å²) in [5.41, 5.74) is 1.35.